The Morgan fingerprint density at radius 1 is 1.25 bits per heavy atom. The molecule has 4 nitrogen and oxygen atoms in total. The van der Waals surface area contributed by atoms with Crippen LogP contribution in [0.3, 0.4) is 0 Å². The van der Waals surface area contributed by atoms with Gasteiger partial charge in [0.05, 0.1) is 0 Å². The molecule has 0 fully saturated rings. The van der Waals surface area contributed by atoms with Crippen LogP contribution in [0, 0.1) is 13.8 Å². The van der Waals surface area contributed by atoms with Gasteiger partial charge in [-0.2, -0.15) is 0 Å². The van der Waals surface area contributed by atoms with E-state index in [1.54, 1.807) is 0 Å². The van der Waals surface area contributed by atoms with Crippen LogP contribution in [0.2, 0.25) is 0 Å². The molecule has 16 heavy (non-hydrogen) atoms. The van der Waals surface area contributed by atoms with Crippen molar-refractivity contribution in [3.05, 3.63) is 34.3 Å². The molecule has 0 saturated heterocycles. The van der Waals surface area contributed by atoms with Crippen molar-refractivity contribution in [2.75, 3.05) is 5.32 Å². The molecule has 5 heteroatoms. The van der Waals surface area contributed by atoms with Crippen molar-refractivity contribution in [3.8, 4) is 0 Å². The molecule has 0 unspecified atom stereocenters. The summed E-state index contributed by atoms with van der Waals surface area (Å²) in [5.74, 6) is 0. The summed E-state index contributed by atoms with van der Waals surface area (Å²) in [6.07, 6.45) is 0. The molecule has 0 saturated carbocycles. The Balaban J connectivity index is 2.17. The van der Waals surface area contributed by atoms with Gasteiger partial charge >= 0.3 is 0 Å². The highest BCUT2D eigenvalue weighted by atomic mass is 32.1. The lowest BCUT2D eigenvalue weighted by molar-refractivity contribution is 0.960. The second-order valence-electron chi connectivity index (χ2n) is 3.63. The third-order valence-electron chi connectivity index (χ3n) is 2.40. The van der Waals surface area contributed by atoms with Crippen LogP contribution in [0.1, 0.15) is 16.1 Å². The molecule has 3 N–H and O–H groups in total. The molecular weight excluding hydrogens is 220 g/mol. The zero-order valence-electron chi connectivity index (χ0n) is 9.32. The third-order valence-corrected chi connectivity index (χ3v) is 3.26. The van der Waals surface area contributed by atoms with E-state index in [0.29, 0.717) is 6.54 Å². The van der Waals surface area contributed by atoms with Gasteiger partial charge in [-0.3, -0.25) is 0 Å². The fourth-order valence-electron chi connectivity index (χ4n) is 1.33. The second-order valence-corrected chi connectivity index (χ2v) is 4.69. The highest BCUT2D eigenvalue weighted by molar-refractivity contribution is 7.15. The molecule has 0 aliphatic rings. The van der Waals surface area contributed by atoms with Crippen molar-refractivity contribution >= 4 is 22.2 Å². The molecule has 0 aliphatic carbocycles. The Kier molecular flexibility index (Phi) is 3.17. The van der Waals surface area contributed by atoms with E-state index < -0.39 is 0 Å². The van der Waals surface area contributed by atoms with Crippen LogP contribution in [0.15, 0.2) is 18.2 Å². The van der Waals surface area contributed by atoms with Crippen LogP contribution in [-0.4, -0.2) is 10.2 Å². The van der Waals surface area contributed by atoms with E-state index >= 15 is 0 Å². The molecule has 0 atom stereocenters. The monoisotopic (exact) mass is 234 g/mol. The van der Waals surface area contributed by atoms with Crippen LogP contribution in [0.25, 0.3) is 0 Å². The quantitative estimate of drug-likeness (QED) is 0.855. The van der Waals surface area contributed by atoms with Crippen LogP contribution < -0.4 is 11.1 Å². The molecule has 1 aromatic carbocycles. The van der Waals surface area contributed by atoms with Crippen molar-refractivity contribution in [2.24, 2.45) is 5.73 Å². The number of aromatic nitrogens is 2. The zero-order chi connectivity index (χ0) is 11.5. The second kappa shape index (κ2) is 4.59. The summed E-state index contributed by atoms with van der Waals surface area (Å²) in [6, 6.07) is 6.22. The lowest BCUT2D eigenvalue weighted by Gasteiger charge is -2.05. The van der Waals surface area contributed by atoms with Gasteiger partial charge in [-0.05, 0) is 37.1 Å². The molecule has 0 spiro atoms. The Morgan fingerprint density at radius 2 is 2.06 bits per heavy atom. The summed E-state index contributed by atoms with van der Waals surface area (Å²) in [5.41, 5.74) is 9.05. The number of hydrogen-bond acceptors (Lipinski definition) is 5. The van der Waals surface area contributed by atoms with Crippen LogP contribution in [0.4, 0.5) is 10.8 Å². The summed E-state index contributed by atoms with van der Waals surface area (Å²) < 4.78 is 0. The fourth-order valence-corrected chi connectivity index (χ4v) is 1.97. The first-order valence-corrected chi connectivity index (χ1v) is 5.87. The first kappa shape index (κ1) is 11.0. The summed E-state index contributed by atoms with van der Waals surface area (Å²) in [4.78, 5) is 0. The van der Waals surface area contributed by atoms with Crippen molar-refractivity contribution < 1.29 is 0 Å². The van der Waals surface area contributed by atoms with Crippen LogP contribution in [-0.2, 0) is 6.54 Å². The van der Waals surface area contributed by atoms with Crippen molar-refractivity contribution in [1.29, 1.82) is 0 Å². The van der Waals surface area contributed by atoms with E-state index in [4.69, 9.17) is 5.73 Å². The topological polar surface area (TPSA) is 63.8 Å². The average Bonchev–Trinajstić information content (AvgIpc) is 2.71. The maximum absolute atomic E-state index is 5.48. The van der Waals surface area contributed by atoms with Gasteiger partial charge in [-0.15, -0.1) is 10.2 Å². The molecule has 2 aromatic rings. The third kappa shape index (κ3) is 2.37. The lowest BCUT2D eigenvalue weighted by Crippen LogP contribution is -1.94. The summed E-state index contributed by atoms with van der Waals surface area (Å²) in [7, 11) is 0. The minimum Gasteiger partial charge on any atom is -0.330 e. The maximum atomic E-state index is 5.48. The summed E-state index contributed by atoms with van der Waals surface area (Å²) in [5, 5.41) is 12.8. The number of rotatable bonds is 3. The number of anilines is 2. The lowest BCUT2D eigenvalue weighted by atomic mass is 10.1. The fraction of sp³-hybridized carbons (Fsp3) is 0.273. The van der Waals surface area contributed by atoms with E-state index in [-0.39, 0.29) is 0 Å². The van der Waals surface area contributed by atoms with Crippen molar-refractivity contribution in [3.63, 3.8) is 0 Å². The first-order chi connectivity index (χ1) is 7.69. The molecule has 0 radical (unpaired) electrons. The number of hydrogen-bond donors (Lipinski definition) is 2. The highest BCUT2D eigenvalue weighted by Gasteiger charge is 2.03. The van der Waals surface area contributed by atoms with Gasteiger partial charge in [0.25, 0.3) is 0 Å². The van der Waals surface area contributed by atoms with Gasteiger partial charge in [0, 0.05) is 12.2 Å². The first-order valence-electron chi connectivity index (χ1n) is 5.06. The Labute approximate surface area is 98.5 Å². The maximum Gasteiger partial charge on any atom is 0.210 e. The number of nitrogens with zero attached hydrogens (tertiary/aromatic N) is 2. The van der Waals surface area contributed by atoms with E-state index in [2.05, 4.69) is 41.5 Å². The Hall–Kier alpha value is -1.46. The van der Waals surface area contributed by atoms with E-state index in [1.165, 1.54) is 22.5 Å². The number of benzene rings is 1. The number of nitrogens with two attached hydrogens (primary N) is 1. The predicted molar refractivity (Wildman–Crippen MR) is 67.0 cm³/mol. The predicted octanol–water partition coefficient (Wildman–Crippen LogP) is 2.36. The number of aryl methyl sites for hydroxylation is 2. The Morgan fingerprint density at radius 3 is 2.69 bits per heavy atom. The average molecular weight is 234 g/mol. The van der Waals surface area contributed by atoms with Gasteiger partial charge in [0.2, 0.25) is 5.13 Å². The molecule has 1 aromatic heterocycles. The van der Waals surface area contributed by atoms with Crippen molar-refractivity contribution in [2.45, 2.75) is 20.4 Å². The van der Waals surface area contributed by atoms with Crippen molar-refractivity contribution in [1.82, 2.24) is 10.2 Å². The van der Waals surface area contributed by atoms with Gasteiger partial charge in [0.15, 0.2) is 0 Å². The highest BCUT2D eigenvalue weighted by Crippen LogP contribution is 2.22. The summed E-state index contributed by atoms with van der Waals surface area (Å²) in [6.45, 7) is 4.62. The minimum absolute atomic E-state index is 0.437. The SMILES string of the molecule is Cc1ccc(Nc2nnc(CN)s2)cc1C. The van der Waals surface area contributed by atoms with Gasteiger partial charge < -0.3 is 11.1 Å². The molecule has 1 heterocycles. The molecule has 0 aliphatic heterocycles. The van der Waals surface area contributed by atoms with E-state index in [1.807, 2.05) is 6.07 Å². The largest absolute Gasteiger partial charge is 0.330 e. The normalized spacial score (nSPS) is 10.4. The van der Waals surface area contributed by atoms with Gasteiger partial charge in [-0.25, -0.2) is 0 Å². The molecular formula is C11H14N4S. The smallest absolute Gasteiger partial charge is 0.210 e. The van der Waals surface area contributed by atoms with E-state index in [9.17, 15) is 0 Å². The Bertz CT molecular complexity index is 492. The van der Waals surface area contributed by atoms with Crippen LogP contribution in [0.5, 0.6) is 0 Å². The zero-order valence-corrected chi connectivity index (χ0v) is 10.1. The standard InChI is InChI=1S/C11H14N4S/c1-7-3-4-9(5-8(7)2)13-11-15-14-10(6-12)16-11/h3-5H,6,12H2,1-2H3,(H,13,15). The van der Waals surface area contributed by atoms with Gasteiger partial charge in [0.1, 0.15) is 5.01 Å². The van der Waals surface area contributed by atoms with E-state index in [0.717, 1.165) is 15.8 Å². The van der Waals surface area contributed by atoms with Crippen LogP contribution >= 0.6 is 11.3 Å². The minimum atomic E-state index is 0.437. The molecule has 0 amide bonds. The molecule has 2 rings (SSSR count). The van der Waals surface area contributed by atoms with Gasteiger partial charge in [-0.1, -0.05) is 17.4 Å². The molecule has 84 valence electrons. The summed E-state index contributed by atoms with van der Waals surface area (Å²) >= 11 is 1.48. The molecule has 0 bridgehead atoms. The number of nitrogens with one attached hydrogen (secondary N) is 1.